The second-order valence-electron chi connectivity index (χ2n) is 4.96. The summed E-state index contributed by atoms with van der Waals surface area (Å²) in [5.41, 5.74) is 8.88. The third kappa shape index (κ3) is 2.81. The molecule has 3 N–H and O–H groups in total. The Kier molecular flexibility index (Phi) is 3.46. The Morgan fingerprint density at radius 2 is 2.24 bits per heavy atom. The minimum absolute atomic E-state index is 0.269. The van der Waals surface area contributed by atoms with E-state index >= 15 is 0 Å². The molecule has 1 aliphatic heterocycles. The van der Waals surface area contributed by atoms with Crippen LogP contribution in [-0.4, -0.2) is 27.7 Å². The molecule has 0 saturated heterocycles. The Labute approximate surface area is 123 Å². The van der Waals surface area contributed by atoms with E-state index in [2.05, 4.69) is 32.8 Å². The Morgan fingerprint density at radius 3 is 3.00 bits per heavy atom. The van der Waals surface area contributed by atoms with E-state index in [-0.39, 0.29) is 5.95 Å². The number of nitrogens with two attached hydrogens (primary N) is 1. The number of aliphatic hydroxyl groups is 1. The van der Waals surface area contributed by atoms with E-state index in [1.807, 2.05) is 18.2 Å². The van der Waals surface area contributed by atoms with Gasteiger partial charge < -0.3 is 15.7 Å². The third-order valence-corrected chi connectivity index (χ3v) is 3.34. The lowest BCUT2D eigenvalue weighted by Crippen LogP contribution is -2.15. The molecule has 0 amide bonds. The lowest BCUT2D eigenvalue weighted by molar-refractivity contribution is 0.253. The first-order valence-corrected chi connectivity index (χ1v) is 6.82. The summed E-state index contributed by atoms with van der Waals surface area (Å²) in [7, 11) is 0. The van der Waals surface area contributed by atoms with Crippen molar-refractivity contribution in [3.05, 3.63) is 41.6 Å². The molecule has 5 heteroatoms. The molecule has 106 valence electrons. The van der Waals surface area contributed by atoms with Crippen LogP contribution in [0.3, 0.4) is 0 Å². The molecule has 0 saturated carbocycles. The van der Waals surface area contributed by atoms with E-state index in [0.717, 1.165) is 30.0 Å². The number of anilines is 3. The summed E-state index contributed by atoms with van der Waals surface area (Å²) in [6.45, 7) is 2.51. The van der Waals surface area contributed by atoms with Crippen LogP contribution >= 0.6 is 0 Å². The van der Waals surface area contributed by atoms with Crippen molar-refractivity contribution in [2.45, 2.75) is 19.4 Å². The second kappa shape index (κ2) is 5.43. The van der Waals surface area contributed by atoms with Crippen LogP contribution in [0.25, 0.3) is 0 Å². The maximum Gasteiger partial charge on any atom is 0.221 e. The molecule has 21 heavy (non-hydrogen) atoms. The van der Waals surface area contributed by atoms with Crippen LogP contribution < -0.4 is 10.6 Å². The molecule has 3 rings (SSSR count). The highest BCUT2D eigenvalue weighted by atomic mass is 16.3. The molecule has 0 fully saturated rings. The van der Waals surface area contributed by atoms with Crippen molar-refractivity contribution < 1.29 is 5.11 Å². The molecule has 0 spiro atoms. The average molecular weight is 280 g/mol. The van der Waals surface area contributed by atoms with Crippen molar-refractivity contribution in [3.8, 4) is 11.8 Å². The molecule has 1 atom stereocenters. The summed E-state index contributed by atoms with van der Waals surface area (Å²) >= 11 is 0. The Bertz CT molecular complexity index is 731. The van der Waals surface area contributed by atoms with Crippen LogP contribution in [0.1, 0.15) is 18.1 Å². The SMILES string of the molecule is CC(O)C#Cc1ccc2c(c1)N(c1ccnc(N)n1)CC2. The summed E-state index contributed by atoms with van der Waals surface area (Å²) in [6.07, 6.45) is 1.99. The fraction of sp³-hybridized carbons (Fsp3) is 0.250. The van der Waals surface area contributed by atoms with E-state index in [1.54, 1.807) is 13.1 Å². The molecule has 0 bridgehead atoms. The Balaban J connectivity index is 1.97. The lowest BCUT2D eigenvalue weighted by Gasteiger charge is -2.18. The van der Waals surface area contributed by atoms with Gasteiger partial charge in [-0.15, -0.1) is 0 Å². The van der Waals surface area contributed by atoms with Crippen molar-refractivity contribution in [1.29, 1.82) is 0 Å². The standard InChI is InChI=1S/C16H16N4O/c1-11(21)2-3-12-4-5-13-7-9-20(14(13)10-12)15-6-8-18-16(17)19-15/h4-6,8,10-11,21H,7,9H2,1H3,(H2,17,18,19). The predicted molar refractivity (Wildman–Crippen MR) is 82.2 cm³/mol. The van der Waals surface area contributed by atoms with Gasteiger partial charge in [0.2, 0.25) is 5.95 Å². The number of hydrogen-bond acceptors (Lipinski definition) is 5. The highest BCUT2D eigenvalue weighted by Crippen LogP contribution is 2.34. The van der Waals surface area contributed by atoms with Crippen LogP contribution in [-0.2, 0) is 6.42 Å². The van der Waals surface area contributed by atoms with E-state index in [4.69, 9.17) is 5.73 Å². The van der Waals surface area contributed by atoms with Gasteiger partial charge in [0, 0.05) is 24.0 Å². The van der Waals surface area contributed by atoms with Gasteiger partial charge in [-0.05, 0) is 37.1 Å². The van der Waals surface area contributed by atoms with Gasteiger partial charge in [-0.2, -0.15) is 4.98 Å². The number of fused-ring (bicyclic) bond motifs is 1. The van der Waals surface area contributed by atoms with Gasteiger partial charge in [-0.3, -0.25) is 0 Å². The molecule has 1 aromatic carbocycles. The summed E-state index contributed by atoms with van der Waals surface area (Å²) in [5, 5.41) is 9.25. The van der Waals surface area contributed by atoms with Crippen LogP contribution in [0.15, 0.2) is 30.5 Å². The number of hydrogen-bond donors (Lipinski definition) is 2. The maximum atomic E-state index is 9.25. The van der Waals surface area contributed by atoms with Gasteiger partial charge in [0.05, 0.1) is 0 Å². The highest BCUT2D eigenvalue weighted by molar-refractivity contribution is 5.69. The topological polar surface area (TPSA) is 75.3 Å². The van der Waals surface area contributed by atoms with E-state index in [1.165, 1.54) is 5.56 Å². The van der Waals surface area contributed by atoms with Gasteiger partial charge in [-0.1, -0.05) is 17.9 Å². The zero-order valence-corrected chi connectivity index (χ0v) is 11.7. The van der Waals surface area contributed by atoms with Gasteiger partial charge >= 0.3 is 0 Å². The Hall–Kier alpha value is -2.58. The molecule has 1 aliphatic rings. The minimum atomic E-state index is -0.629. The number of aliphatic hydroxyl groups excluding tert-OH is 1. The first-order valence-electron chi connectivity index (χ1n) is 6.82. The normalized spacial score (nSPS) is 14.3. The summed E-state index contributed by atoms with van der Waals surface area (Å²) in [4.78, 5) is 10.3. The first kappa shape index (κ1) is 13.4. The summed E-state index contributed by atoms with van der Waals surface area (Å²) < 4.78 is 0. The minimum Gasteiger partial charge on any atom is -0.381 e. The van der Waals surface area contributed by atoms with E-state index in [9.17, 15) is 5.11 Å². The van der Waals surface area contributed by atoms with Crippen molar-refractivity contribution in [1.82, 2.24) is 9.97 Å². The largest absolute Gasteiger partial charge is 0.381 e. The predicted octanol–water partition coefficient (Wildman–Crippen LogP) is 1.49. The molecule has 1 aromatic heterocycles. The number of nitrogen functional groups attached to an aromatic ring is 1. The Morgan fingerprint density at radius 1 is 1.38 bits per heavy atom. The molecule has 5 nitrogen and oxygen atoms in total. The lowest BCUT2D eigenvalue weighted by atomic mass is 10.1. The summed E-state index contributed by atoms with van der Waals surface area (Å²) in [5.74, 6) is 6.79. The van der Waals surface area contributed by atoms with Crippen molar-refractivity contribution in [2.75, 3.05) is 17.2 Å². The molecule has 1 unspecified atom stereocenters. The molecule has 0 aliphatic carbocycles. The molecule has 2 heterocycles. The second-order valence-corrected chi connectivity index (χ2v) is 4.96. The molecular formula is C16H16N4O. The van der Waals surface area contributed by atoms with Crippen LogP contribution in [0.5, 0.6) is 0 Å². The van der Waals surface area contributed by atoms with Gasteiger partial charge in [0.1, 0.15) is 11.9 Å². The fourth-order valence-electron chi connectivity index (χ4n) is 2.40. The van der Waals surface area contributed by atoms with Crippen molar-refractivity contribution in [2.24, 2.45) is 0 Å². The van der Waals surface area contributed by atoms with Crippen molar-refractivity contribution in [3.63, 3.8) is 0 Å². The van der Waals surface area contributed by atoms with E-state index in [0.29, 0.717) is 0 Å². The van der Waals surface area contributed by atoms with Crippen LogP contribution in [0.2, 0.25) is 0 Å². The third-order valence-electron chi connectivity index (χ3n) is 3.34. The number of nitrogens with zero attached hydrogens (tertiary/aromatic N) is 3. The first-order chi connectivity index (χ1) is 10.1. The summed E-state index contributed by atoms with van der Waals surface area (Å²) in [6, 6.07) is 7.92. The number of benzene rings is 1. The van der Waals surface area contributed by atoms with Gasteiger partial charge in [0.25, 0.3) is 0 Å². The van der Waals surface area contributed by atoms with E-state index < -0.39 is 6.10 Å². The van der Waals surface area contributed by atoms with Gasteiger partial charge in [-0.25, -0.2) is 4.98 Å². The average Bonchev–Trinajstić information content (AvgIpc) is 2.88. The monoisotopic (exact) mass is 280 g/mol. The molecular weight excluding hydrogens is 264 g/mol. The van der Waals surface area contributed by atoms with Crippen LogP contribution in [0.4, 0.5) is 17.5 Å². The van der Waals surface area contributed by atoms with Crippen LogP contribution in [0, 0.1) is 11.8 Å². The number of aromatic nitrogens is 2. The van der Waals surface area contributed by atoms with Crippen molar-refractivity contribution >= 4 is 17.5 Å². The smallest absolute Gasteiger partial charge is 0.221 e. The quantitative estimate of drug-likeness (QED) is 0.774. The van der Waals surface area contributed by atoms with Gasteiger partial charge in [0.15, 0.2) is 0 Å². The maximum absolute atomic E-state index is 9.25. The fourth-order valence-corrected chi connectivity index (χ4v) is 2.40. The zero-order chi connectivity index (χ0) is 14.8. The molecule has 0 radical (unpaired) electrons. The number of rotatable bonds is 1. The molecule has 2 aromatic rings. The highest BCUT2D eigenvalue weighted by Gasteiger charge is 2.21. The zero-order valence-electron chi connectivity index (χ0n) is 11.7.